The Hall–Kier alpha value is -1.49. The van der Waals surface area contributed by atoms with E-state index in [2.05, 4.69) is 33.3 Å². The largest absolute Gasteiger partial charge is 0.497 e. The first-order valence-electron chi connectivity index (χ1n) is 5.81. The molecule has 2 rings (SSSR count). The molecule has 0 amide bonds. The molecule has 18 heavy (non-hydrogen) atoms. The number of hydrogen-bond donors (Lipinski definition) is 1. The number of nitrogens with zero attached hydrogens (tertiary/aromatic N) is 2. The molecule has 0 fully saturated rings. The lowest BCUT2D eigenvalue weighted by molar-refractivity contribution is 0.415. The summed E-state index contributed by atoms with van der Waals surface area (Å²) in [6.07, 6.45) is 3.92. The fourth-order valence-corrected chi connectivity index (χ4v) is 2.02. The third-order valence-electron chi connectivity index (χ3n) is 2.67. The Balaban J connectivity index is 2.05. The predicted octanol–water partition coefficient (Wildman–Crippen LogP) is 3.29. The number of rotatable bonds is 5. The molecule has 0 unspecified atom stereocenters. The van der Waals surface area contributed by atoms with Gasteiger partial charge in [-0.3, -0.25) is 4.68 Å². The second-order valence-electron chi connectivity index (χ2n) is 3.90. The zero-order valence-electron chi connectivity index (χ0n) is 10.5. The molecule has 0 spiro atoms. The van der Waals surface area contributed by atoms with E-state index in [-0.39, 0.29) is 0 Å². The molecule has 0 saturated carbocycles. The molecule has 0 radical (unpaired) electrons. The highest BCUT2D eigenvalue weighted by Crippen LogP contribution is 2.27. The molecule has 0 aliphatic rings. The number of hydrogen-bond acceptors (Lipinski definition) is 3. The summed E-state index contributed by atoms with van der Waals surface area (Å²) >= 11 is 3.51. The number of methoxy groups -OCH3 is 1. The van der Waals surface area contributed by atoms with Gasteiger partial charge in [0.05, 0.1) is 19.0 Å². The quantitative estimate of drug-likeness (QED) is 0.921. The maximum absolute atomic E-state index is 5.21. The normalized spacial score (nSPS) is 10.4. The third kappa shape index (κ3) is 3.04. The van der Waals surface area contributed by atoms with Crippen molar-refractivity contribution in [2.45, 2.75) is 20.0 Å². The van der Waals surface area contributed by atoms with Gasteiger partial charge in [-0.25, -0.2) is 0 Å². The smallest absolute Gasteiger partial charge is 0.121 e. The van der Waals surface area contributed by atoms with Crippen LogP contribution < -0.4 is 10.1 Å². The van der Waals surface area contributed by atoms with Gasteiger partial charge in [0, 0.05) is 35.4 Å². The van der Waals surface area contributed by atoms with Gasteiger partial charge in [0.1, 0.15) is 5.75 Å². The molecule has 1 heterocycles. The van der Waals surface area contributed by atoms with E-state index in [9.17, 15) is 0 Å². The summed E-state index contributed by atoms with van der Waals surface area (Å²) in [4.78, 5) is 0. The second kappa shape index (κ2) is 5.91. The molecular formula is C13H16BrN3O. The van der Waals surface area contributed by atoms with Crippen LogP contribution in [-0.2, 0) is 13.1 Å². The molecule has 5 heteroatoms. The van der Waals surface area contributed by atoms with Crippen molar-refractivity contribution in [3.8, 4) is 5.75 Å². The van der Waals surface area contributed by atoms with Gasteiger partial charge in [-0.15, -0.1) is 0 Å². The minimum absolute atomic E-state index is 0.742. The maximum atomic E-state index is 5.21. The minimum atomic E-state index is 0.742. The van der Waals surface area contributed by atoms with Crippen LogP contribution in [0, 0.1) is 0 Å². The molecule has 4 nitrogen and oxygen atoms in total. The van der Waals surface area contributed by atoms with Crippen LogP contribution in [0.2, 0.25) is 0 Å². The van der Waals surface area contributed by atoms with E-state index >= 15 is 0 Å². The van der Waals surface area contributed by atoms with Crippen LogP contribution in [0.1, 0.15) is 12.5 Å². The van der Waals surface area contributed by atoms with Crippen molar-refractivity contribution < 1.29 is 4.74 Å². The van der Waals surface area contributed by atoms with Crippen LogP contribution >= 0.6 is 15.9 Å². The summed E-state index contributed by atoms with van der Waals surface area (Å²) in [5.41, 5.74) is 2.17. The summed E-state index contributed by atoms with van der Waals surface area (Å²) in [6.45, 7) is 3.71. The van der Waals surface area contributed by atoms with Gasteiger partial charge in [0.25, 0.3) is 0 Å². The number of aryl methyl sites for hydroxylation is 1. The summed E-state index contributed by atoms with van der Waals surface area (Å²) in [6, 6.07) is 5.86. The molecule has 0 aliphatic carbocycles. The molecule has 1 aromatic carbocycles. The molecule has 1 N–H and O–H groups in total. The highest BCUT2D eigenvalue weighted by molar-refractivity contribution is 9.10. The molecule has 0 atom stereocenters. The number of ether oxygens (including phenoxy) is 1. The molecule has 0 bridgehead atoms. The lowest BCUT2D eigenvalue weighted by Gasteiger charge is -2.09. The number of aromatic nitrogens is 2. The van der Waals surface area contributed by atoms with E-state index in [1.807, 2.05) is 35.3 Å². The van der Waals surface area contributed by atoms with E-state index in [0.29, 0.717) is 0 Å². The van der Waals surface area contributed by atoms with Crippen LogP contribution in [-0.4, -0.2) is 16.9 Å². The molecule has 96 valence electrons. The molecule has 2 aromatic rings. The van der Waals surface area contributed by atoms with Crippen molar-refractivity contribution >= 4 is 21.6 Å². The molecule has 0 aliphatic heterocycles. The Morgan fingerprint density at radius 1 is 1.44 bits per heavy atom. The van der Waals surface area contributed by atoms with Gasteiger partial charge in [-0.1, -0.05) is 0 Å². The van der Waals surface area contributed by atoms with Crippen molar-refractivity contribution in [1.82, 2.24) is 9.78 Å². The van der Waals surface area contributed by atoms with E-state index in [1.165, 1.54) is 0 Å². The molecule has 1 aromatic heterocycles. The Morgan fingerprint density at radius 3 is 2.94 bits per heavy atom. The molecule has 0 saturated heterocycles. The van der Waals surface area contributed by atoms with E-state index in [1.54, 1.807) is 7.11 Å². The fourth-order valence-electron chi connectivity index (χ4n) is 1.63. The topological polar surface area (TPSA) is 39.1 Å². The van der Waals surface area contributed by atoms with Gasteiger partial charge in [-0.2, -0.15) is 5.10 Å². The SMILES string of the molecule is CCn1cc(CNc2cc(OC)ccc2Br)cn1. The van der Waals surface area contributed by atoms with Crippen molar-refractivity contribution in [3.05, 3.63) is 40.6 Å². The fraction of sp³-hybridized carbons (Fsp3) is 0.308. The lowest BCUT2D eigenvalue weighted by atomic mass is 10.3. The van der Waals surface area contributed by atoms with Gasteiger partial charge in [0.2, 0.25) is 0 Å². The van der Waals surface area contributed by atoms with Gasteiger partial charge in [-0.05, 0) is 35.0 Å². The average Bonchev–Trinajstić information content (AvgIpc) is 2.86. The van der Waals surface area contributed by atoms with Crippen LogP contribution in [0.4, 0.5) is 5.69 Å². The van der Waals surface area contributed by atoms with Gasteiger partial charge < -0.3 is 10.1 Å². The Kier molecular flexibility index (Phi) is 4.25. The standard InChI is InChI=1S/C13H16BrN3O/c1-3-17-9-10(8-16-17)7-15-13-6-11(18-2)4-5-12(13)14/h4-6,8-9,15H,3,7H2,1-2H3. The Morgan fingerprint density at radius 2 is 2.28 bits per heavy atom. The van der Waals surface area contributed by atoms with Crippen LogP contribution in [0.15, 0.2) is 35.1 Å². The van der Waals surface area contributed by atoms with Crippen molar-refractivity contribution in [3.63, 3.8) is 0 Å². The van der Waals surface area contributed by atoms with Crippen LogP contribution in [0.25, 0.3) is 0 Å². The second-order valence-corrected chi connectivity index (χ2v) is 4.76. The maximum Gasteiger partial charge on any atom is 0.121 e. The number of halogens is 1. The van der Waals surface area contributed by atoms with Crippen molar-refractivity contribution in [1.29, 1.82) is 0 Å². The summed E-state index contributed by atoms with van der Waals surface area (Å²) in [5, 5.41) is 7.60. The molecular weight excluding hydrogens is 294 g/mol. The predicted molar refractivity (Wildman–Crippen MR) is 75.9 cm³/mol. The van der Waals surface area contributed by atoms with E-state index in [0.717, 1.165) is 34.6 Å². The number of anilines is 1. The van der Waals surface area contributed by atoms with Crippen molar-refractivity contribution in [2.24, 2.45) is 0 Å². The third-order valence-corrected chi connectivity index (χ3v) is 3.36. The number of benzene rings is 1. The van der Waals surface area contributed by atoms with Gasteiger partial charge in [0.15, 0.2) is 0 Å². The van der Waals surface area contributed by atoms with E-state index < -0.39 is 0 Å². The van der Waals surface area contributed by atoms with Crippen LogP contribution in [0.5, 0.6) is 5.75 Å². The Labute approximate surface area is 115 Å². The zero-order valence-corrected chi connectivity index (χ0v) is 12.1. The Bertz CT molecular complexity index is 525. The van der Waals surface area contributed by atoms with Crippen LogP contribution in [0.3, 0.4) is 0 Å². The lowest BCUT2D eigenvalue weighted by Crippen LogP contribution is -2.00. The summed E-state index contributed by atoms with van der Waals surface area (Å²) in [7, 11) is 1.66. The van der Waals surface area contributed by atoms with E-state index in [4.69, 9.17) is 4.74 Å². The highest BCUT2D eigenvalue weighted by atomic mass is 79.9. The minimum Gasteiger partial charge on any atom is -0.497 e. The highest BCUT2D eigenvalue weighted by Gasteiger charge is 2.03. The zero-order chi connectivity index (χ0) is 13.0. The van der Waals surface area contributed by atoms with Crippen molar-refractivity contribution in [2.75, 3.05) is 12.4 Å². The first kappa shape index (κ1) is 13.0. The number of nitrogens with one attached hydrogen (secondary N) is 1. The average molecular weight is 310 g/mol. The first-order chi connectivity index (χ1) is 8.72. The first-order valence-corrected chi connectivity index (χ1v) is 6.61. The van der Waals surface area contributed by atoms with Gasteiger partial charge >= 0.3 is 0 Å². The summed E-state index contributed by atoms with van der Waals surface area (Å²) < 4.78 is 8.14. The summed E-state index contributed by atoms with van der Waals surface area (Å²) in [5.74, 6) is 0.838. The monoisotopic (exact) mass is 309 g/mol.